The van der Waals surface area contributed by atoms with Crippen LogP contribution in [0.5, 0.6) is 0 Å². The summed E-state index contributed by atoms with van der Waals surface area (Å²) in [7, 11) is 0. The van der Waals surface area contributed by atoms with Crippen LogP contribution in [0.1, 0.15) is 5.56 Å². The van der Waals surface area contributed by atoms with Crippen LogP contribution in [0.15, 0.2) is 30.3 Å². The predicted octanol–water partition coefficient (Wildman–Crippen LogP) is 2.99. The van der Waals surface area contributed by atoms with Crippen LogP contribution in [0.4, 0.5) is 10.8 Å². The van der Waals surface area contributed by atoms with E-state index in [9.17, 15) is 0 Å². The highest BCUT2D eigenvalue weighted by Gasteiger charge is 1.98. The molecule has 15 heavy (non-hydrogen) atoms. The lowest BCUT2D eigenvalue weighted by Gasteiger charge is -2.02. The summed E-state index contributed by atoms with van der Waals surface area (Å²) in [5, 5.41) is 4.94. The lowest BCUT2D eigenvalue weighted by atomic mass is 10.2. The third kappa shape index (κ3) is 2.84. The Kier molecular flexibility index (Phi) is 3.08. The fourth-order valence-electron chi connectivity index (χ4n) is 1.21. The summed E-state index contributed by atoms with van der Waals surface area (Å²) in [6, 6.07) is 9.55. The van der Waals surface area contributed by atoms with Gasteiger partial charge in [-0.1, -0.05) is 23.7 Å². The minimum absolute atomic E-state index is 0.550. The van der Waals surface area contributed by atoms with Crippen molar-refractivity contribution in [2.24, 2.45) is 0 Å². The molecule has 2 aromatic rings. The van der Waals surface area contributed by atoms with Crippen molar-refractivity contribution in [3.05, 3.63) is 40.9 Å². The maximum Gasteiger partial charge on any atom is 0.139 e. The van der Waals surface area contributed by atoms with Gasteiger partial charge in [-0.15, -0.1) is 0 Å². The van der Waals surface area contributed by atoms with Crippen LogP contribution in [0.2, 0.25) is 5.02 Å². The van der Waals surface area contributed by atoms with E-state index in [0.717, 1.165) is 22.1 Å². The van der Waals surface area contributed by atoms with E-state index in [0.29, 0.717) is 5.82 Å². The number of hydrogen-bond donors (Lipinski definition) is 2. The van der Waals surface area contributed by atoms with Crippen LogP contribution in [0, 0.1) is 0 Å². The second-order valence-corrected chi connectivity index (χ2v) is 4.34. The molecule has 78 valence electrons. The van der Waals surface area contributed by atoms with Gasteiger partial charge in [-0.3, -0.25) is 0 Å². The fraction of sp³-hybridized carbons (Fsp3) is 0.100. The number of nitrogen functional groups attached to an aromatic ring is 1. The summed E-state index contributed by atoms with van der Waals surface area (Å²) < 4.78 is 3.98. The third-order valence-electron chi connectivity index (χ3n) is 1.88. The second-order valence-electron chi connectivity index (χ2n) is 3.10. The van der Waals surface area contributed by atoms with Crippen LogP contribution in [0.3, 0.4) is 0 Å². The summed E-state index contributed by atoms with van der Waals surface area (Å²) in [5.41, 5.74) is 6.64. The van der Waals surface area contributed by atoms with E-state index in [4.69, 9.17) is 17.3 Å². The average molecular weight is 240 g/mol. The smallest absolute Gasteiger partial charge is 0.139 e. The molecule has 0 aliphatic carbocycles. The highest BCUT2D eigenvalue weighted by atomic mass is 35.5. The van der Waals surface area contributed by atoms with Crippen molar-refractivity contribution in [1.29, 1.82) is 0 Å². The Labute approximate surface area is 97.0 Å². The van der Waals surface area contributed by atoms with E-state index in [1.807, 2.05) is 30.3 Å². The van der Waals surface area contributed by atoms with Gasteiger partial charge in [-0.2, -0.15) is 4.37 Å². The number of rotatable bonds is 3. The van der Waals surface area contributed by atoms with Gasteiger partial charge in [0, 0.05) is 17.6 Å². The van der Waals surface area contributed by atoms with Gasteiger partial charge in [0.15, 0.2) is 0 Å². The minimum Gasteiger partial charge on any atom is -0.383 e. The van der Waals surface area contributed by atoms with Crippen LogP contribution in [-0.4, -0.2) is 4.37 Å². The summed E-state index contributed by atoms with van der Waals surface area (Å²) in [6.45, 7) is 0.724. The quantitative estimate of drug-likeness (QED) is 0.866. The number of benzene rings is 1. The third-order valence-corrected chi connectivity index (χ3v) is 2.88. The highest BCUT2D eigenvalue weighted by Crippen LogP contribution is 2.19. The van der Waals surface area contributed by atoms with Crippen LogP contribution < -0.4 is 11.1 Å². The summed E-state index contributed by atoms with van der Waals surface area (Å²) >= 11 is 7.23. The topological polar surface area (TPSA) is 50.9 Å². The Morgan fingerprint density at radius 2 is 2.27 bits per heavy atom. The molecule has 1 aromatic carbocycles. The molecule has 0 unspecified atom stereocenters. The lowest BCUT2D eigenvalue weighted by Crippen LogP contribution is -1.97. The van der Waals surface area contributed by atoms with Crippen molar-refractivity contribution < 1.29 is 0 Å². The molecule has 0 saturated heterocycles. The van der Waals surface area contributed by atoms with Gasteiger partial charge in [0.2, 0.25) is 0 Å². The first kappa shape index (κ1) is 10.3. The van der Waals surface area contributed by atoms with E-state index >= 15 is 0 Å². The van der Waals surface area contributed by atoms with Gasteiger partial charge >= 0.3 is 0 Å². The molecular formula is C10H10ClN3S. The van der Waals surface area contributed by atoms with Crippen LogP contribution in [-0.2, 0) is 6.54 Å². The molecule has 0 saturated carbocycles. The van der Waals surface area contributed by atoms with E-state index in [-0.39, 0.29) is 0 Å². The second kappa shape index (κ2) is 4.51. The molecule has 1 heterocycles. The standard InChI is InChI=1S/C10H10ClN3S/c11-8-3-1-2-7(4-8)6-13-10-5-9(12)14-15-10/h1-5,13H,6H2,(H2,12,14). The summed E-state index contributed by atoms with van der Waals surface area (Å²) in [5.74, 6) is 0.550. The Morgan fingerprint density at radius 3 is 2.93 bits per heavy atom. The Balaban J connectivity index is 1.99. The molecular weight excluding hydrogens is 230 g/mol. The van der Waals surface area contributed by atoms with Crippen molar-refractivity contribution in [2.75, 3.05) is 11.1 Å². The fourth-order valence-corrected chi connectivity index (χ4v) is 1.99. The molecule has 2 rings (SSSR count). The number of aromatic nitrogens is 1. The molecule has 5 heteroatoms. The van der Waals surface area contributed by atoms with Gasteiger partial charge < -0.3 is 11.1 Å². The average Bonchev–Trinajstić information content (AvgIpc) is 2.62. The van der Waals surface area contributed by atoms with Crippen LogP contribution in [0.25, 0.3) is 0 Å². The first-order chi connectivity index (χ1) is 7.24. The summed E-state index contributed by atoms with van der Waals surface area (Å²) in [4.78, 5) is 0. The van der Waals surface area contributed by atoms with Gasteiger partial charge in [0.25, 0.3) is 0 Å². The van der Waals surface area contributed by atoms with E-state index in [1.165, 1.54) is 11.5 Å². The Bertz CT molecular complexity index is 455. The number of hydrogen-bond acceptors (Lipinski definition) is 4. The summed E-state index contributed by atoms with van der Waals surface area (Å²) in [6.07, 6.45) is 0. The molecule has 0 fully saturated rings. The number of nitrogens with two attached hydrogens (primary N) is 1. The first-order valence-electron chi connectivity index (χ1n) is 4.44. The molecule has 0 atom stereocenters. The van der Waals surface area contributed by atoms with Crippen molar-refractivity contribution in [2.45, 2.75) is 6.54 Å². The SMILES string of the molecule is Nc1cc(NCc2cccc(Cl)c2)sn1. The number of anilines is 2. The number of halogens is 1. The van der Waals surface area contributed by atoms with E-state index in [1.54, 1.807) is 0 Å². The number of nitrogens with zero attached hydrogens (tertiary/aromatic N) is 1. The van der Waals surface area contributed by atoms with E-state index in [2.05, 4.69) is 9.69 Å². The van der Waals surface area contributed by atoms with Crippen molar-refractivity contribution in [1.82, 2.24) is 4.37 Å². The largest absolute Gasteiger partial charge is 0.383 e. The maximum absolute atomic E-state index is 5.87. The molecule has 0 radical (unpaired) electrons. The normalized spacial score (nSPS) is 10.2. The van der Waals surface area contributed by atoms with Crippen LogP contribution >= 0.6 is 23.1 Å². The molecule has 3 N–H and O–H groups in total. The molecule has 0 spiro atoms. The zero-order chi connectivity index (χ0) is 10.7. The van der Waals surface area contributed by atoms with Gasteiger partial charge in [0.05, 0.1) is 0 Å². The predicted molar refractivity (Wildman–Crippen MR) is 65.3 cm³/mol. The zero-order valence-corrected chi connectivity index (χ0v) is 9.48. The lowest BCUT2D eigenvalue weighted by molar-refractivity contribution is 1.16. The first-order valence-corrected chi connectivity index (χ1v) is 5.60. The maximum atomic E-state index is 5.87. The molecule has 0 aliphatic rings. The molecule has 1 aromatic heterocycles. The van der Waals surface area contributed by atoms with Gasteiger partial charge in [-0.05, 0) is 29.2 Å². The molecule has 0 aliphatic heterocycles. The molecule has 0 bridgehead atoms. The van der Waals surface area contributed by atoms with E-state index < -0.39 is 0 Å². The van der Waals surface area contributed by atoms with Crippen molar-refractivity contribution in [3.8, 4) is 0 Å². The van der Waals surface area contributed by atoms with Crippen molar-refractivity contribution in [3.63, 3.8) is 0 Å². The highest BCUT2D eigenvalue weighted by molar-refractivity contribution is 7.10. The Morgan fingerprint density at radius 1 is 1.40 bits per heavy atom. The monoisotopic (exact) mass is 239 g/mol. The van der Waals surface area contributed by atoms with Gasteiger partial charge in [0.1, 0.15) is 10.8 Å². The molecule has 0 amide bonds. The molecule has 3 nitrogen and oxygen atoms in total. The van der Waals surface area contributed by atoms with Gasteiger partial charge in [-0.25, -0.2) is 0 Å². The Hall–Kier alpha value is -1.26. The zero-order valence-electron chi connectivity index (χ0n) is 7.90. The minimum atomic E-state index is 0.550. The van der Waals surface area contributed by atoms with Crippen molar-refractivity contribution >= 4 is 34.0 Å². The number of nitrogens with one attached hydrogen (secondary N) is 1.